The first-order valence-electron chi connectivity index (χ1n) is 7.53. The molecule has 3 fully saturated rings. The van der Waals surface area contributed by atoms with Crippen molar-refractivity contribution < 1.29 is 4.79 Å². The summed E-state index contributed by atoms with van der Waals surface area (Å²) in [7, 11) is 0. The highest BCUT2D eigenvalue weighted by Crippen LogP contribution is 2.69. The lowest BCUT2D eigenvalue weighted by molar-refractivity contribution is -0.118. The van der Waals surface area contributed by atoms with E-state index in [0.717, 1.165) is 34.9 Å². The monoisotopic (exact) mass is 255 g/mol. The fourth-order valence-corrected chi connectivity index (χ4v) is 4.76. The second-order valence-electron chi connectivity index (χ2n) is 6.82. The Balaban J connectivity index is 1.50. The molecule has 100 valence electrons. The van der Waals surface area contributed by atoms with Crippen LogP contribution in [-0.2, 0) is 4.79 Å². The molecule has 4 rings (SSSR count). The molecule has 1 amide bonds. The lowest BCUT2D eigenvalue weighted by Gasteiger charge is -2.12. The van der Waals surface area contributed by atoms with Gasteiger partial charge in [-0.2, -0.15) is 0 Å². The van der Waals surface area contributed by atoms with Crippen LogP contribution in [0.2, 0.25) is 0 Å². The van der Waals surface area contributed by atoms with Crippen LogP contribution in [0, 0.1) is 43.4 Å². The second kappa shape index (κ2) is 3.84. The quantitative estimate of drug-likeness (QED) is 0.860. The van der Waals surface area contributed by atoms with Gasteiger partial charge in [0, 0.05) is 11.6 Å². The number of aryl methyl sites for hydroxylation is 2. The minimum atomic E-state index is 0.278. The molecular formula is C17H21NO. The van der Waals surface area contributed by atoms with E-state index in [0.29, 0.717) is 5.92 Å². The molecule has 1 N–H and O–H groups in total. The van der Waals surface area contributed by atoms with E-state index >= 15 is 0 Å². The average molecular weight is 255 g/mol. The number of rotatable bonds is 2. The molecule has 0 radical (unpaired) electrons. The predicted octanol–water partition coefficient (Wildman–Crippen LogP) is 3.53. The zero-order valence-electron chi connectivity index (χ0n) is 11.6. The summed E-state index contributed by atoms with van der Waals surface area (Å²) in [6.07, 6.45) is 4.15. The van der Waals surface area contributed by atoms with E-state index in [1.54, 1.807) is 0 Å². The first-order valence-corrected chi connectivity index (χ1v) is 7.53. The molecule has 3 aliphatic carbocycles. The van der Waals surface area contributed by atoms with Crippen molar-refractivity contribution in [1.82, 2.24) is 0 Å². The van der Waals surface area contributed by atoms with Gasteiger partial charge in [-0.15, -0.1) is 0 Å². The van der Waals surface area contributed by atoms with Gasteiger partial charge >= 0.3 is 0 Å². The molecule has 4 atom stereocenters. The van der Waals surface area contributed by atoms with E-state index in [9.17, 15) is 4.79 Å². The molecular weight excluding hydrogens is 234 g/mol. The van der Waals surface area contributed by atoms with Crippen molar-refractivity contribution in [2.75, 3.05) is 5.32 Å². The minimum absolute atomic E-state index is 0.278. The molecule has 1 aromatic carbocycles. The van der Waals surface area contributed by atoms with Crippen molar-refractivity contribution in [1.29, 1.82) is 0 Å². The van der Waals surface area contributed by atoms with E-state index in [1.165, 1.54) is 24.8 Å². The largest absolute Gasteiger partial charge is 0.326 e. The fourth-order valence-electron chi connectivity index (χ4n) is 4.76. The summed E-state index contributed by atoms with van der Waals surface area (Å²) in [6.45, 7) is 4.13. The average Bonchev–Trinajstić information content (AvgIpc) is 2.83. The molecule has 2 heteroatoms. The van der Waals surface area contributed by atoms with Crippen LogP contribution in [0.3, 0.4) is 0 Å². The molecule has 1 aromatic rings. The summed E-state index contributed by atoms with van der Waals surface area (Å²) in [6, 6.07) is 6.26. The topological polar surface area (TPSA) is 29.1 Å². The fraction of sp³-hybridized carbons (Fsp3) is 0.588. The number of hydrogen-bond acceptors (Lipinski definition) is 1. The lowest BCUT2D eigenvalue weighted by Crippen LogP contribution is -2.19. The Morgan fingerprint density at radius 2 is 1.84 bits per heavy atom. The van der Waals surface area contributed by atoms with Crippen LogP contribution >= 0.6 is 0 Å². The summed E-state index contributed by atoms with van der Waals surface area (Å²) in [5.74, 6) is 3.79. The summed E-state index contributed by atoms with van der Waals surface area (Å²) in [5.41, 5.74) is 3.37. The molecule has 0 aromatic heterocycles. The number of benzene rings is 1. The summed E-state index contributed by atoms with van der Waals surface area (Å²) in [4.78, 5) is 12.5. The van der Waals surface area contributed by atoms with Crippen LogP contribution in [0.15, 0.2) is 18.2 Å². The van der Waals surface area contributed by atoms with Crippen LogP contribution < -0.4 is 5.32 Å². The van der Waals surface area contributed by atoms with Gasteiger partial charge in [-0.3, -0.25) is 4.79 Å². The maximum absolute atomic E-state index is 12.5. The Bertz CT molecular complexity index is 534. The predicted molar refractivity (Wildman–Crippen MR) is 75.8 cm³/mol. The van der Waals surface area contributed by atoms with Crippen LogP contribution in [0.5, 0.6) is 0 Å². The molecule has 0 saturated heterocycles. The van der Waals surface area contributed by atoms with Crippen molar-refractivity contribution in [3.8, 4) is 0 Å². The Hall–Kier alpha value is -1.31. The molecule has 2 bridgehead atoms. The van der Waals surface area contributed by atoms with E-state index in [4.69, 9.17) is 0 Å². The lowest BCUT2D eigenvalue weighted by atomic mass is 10.0. The van der Waals surface area contributed by atoms with Crippen LogP contribution in [0.25, 0.3) is 0 Å². The Morgan fingerprint density at radius 3 is 2.53 bits per heavy atom. The molecule has 0 unspecified atom stereocenters. The zero-order chi connectivity index (χ0) is 13.1. The summed E-state index contributed by atoms with van der Waals surface area (Å²) >= 11 is 0. The molecule has 0 heterocycles. The van der Waals surface area contributed by atoms with Gasteiger partial charge in [0.25, 0.3) is 0 Å². The third-order valence-corrected chi connectivity index (χ3v) is 5.69. The SMILES string of the molecule is Cc1ccc(C)c(NC(=O)C2[C@H]3[C@@H]4CC[C@H](C4)[C@H]23)c1. The Labute approximate surface area is 114 Å². The minimum Gasteiger partial charge on any atom is -0.326 e. The van der Waals surface area contributed by atoms with Gasteiger partial charge in [-0.25, -0.2) is 0 Å². The van der Waals surface area contributed by atoms with Crippen molar-refractivity contribution >= 4 is 11.6 Å². The van der Waals surface area contributed by atoms with Gasteiger partial charge in [0.2, 0.25) is 5.91 Å². The van der Waals surface area contributed by atoms with Crippen LogP contribution in [0.1, 0.15) is 30.4 Å². The van der Waals surface area contributed by atoms with Crippen molar-refractivity contribution in [2.45, 2.75) is 33.1 Å². The normalized spacial score (nSPS) is 38.1. The standard InChI is InChI=1S/C17H21NO/c1-9-3-4-10(2)13(7-9)18-17(19)16-14-11-5-6-12(8-11)15(14)16/h3-4,7,11-12,14-16H,5-6,8H2,1-2H3,(H,18,19)/t11-,12-,14+,15+/m1/s1. The van der Waals surface area contributed by atoms with Crippen molar-refractivity contribution in [2.24, 2.45) is 29.6 Å². The zero-order valence-corrected chi connectivity index (χ0v) is 11.6. The Kier molecular flexibility index (Phi) is 2.33. The van der Waals surface area contributed by atoms with E-state index in [2.05, 4.69) is 37.4 Å². The third-order valence-electron chi connectivity index (χ3n) is 5.69. The van der Waals surface area contributed by atoms with Crippen LogP contribution in [-0.4, -0.2) is 5.91 Å². The van der Waals surface area contributed by atoms with Gasteiger partial charge in [0.1, 0.15) is 0 Å². The smallest absolute Gasteiger partial charge is 0.228 e. The highest BCUT2D eigenvalue weighted by molar-refractivity contribution is 5.95. The van der Waals surface area contributed by atoms with E-state index < -0.39 is 0 Å². The highest BCUT2D eigenvalue weighted by atomic mass is 16.2. The summed E-state index contributed by atoms with van der Waals surface area (Å²) < 4.78 is 0. The van der Waals surface area contributed by atoms with E-state index in [1.807, 2.05) is 0 Å². The van der Waals surface area contributed by atoms with Crippen molar-refractivity contribution in [3.05, 3.63) is 29.3 Å². The van der Waals surface area contributed by atoms with Crippen molar-refractivity contribution in [3.63, 3.8) is 0 Å². The first-order chi connectivity index (χ1) is 9.15. The number of amides is 1. The van der Waals surface area contributed by atoms with E-state index in [-0.39, 0.29) is 5.91 Å². The maximum Gasteiger partial charge on any atom is 0.228 e. The third kappa shape index (κ3) is 1.65. The number of carbonyl (C=O) groups excluding carboxylic acids is 1. The number of carbonyl (C=O) groups is 1. The molecule has 0 spiro atoms. The van der Waals surface area contributed by atoms with Gasteiger partial charge in [-0.1, -0.05) is 12.1 Å². The highest BCUT2D eigenvalue weighted by Gasteiger charge is 2.67. The molecule has 3 saturated carbocycles. The van der Waals surface area contributed by atoms with Crippen LogP contribution in [0.4, 0.5) is 5.69 Å². The number of hydrogen-bond donors (Lipinski definition) is 1. The molecule has 2 nitrogen and oxygen atoms in total. The first kappa shape index (κ1) is 11.5. The number of fused-ring (bicyclic) bond motifs is 5. The number of nitrogens with one attached hydrogen (secondary N) is 1. The van der Waals surface area contributed by atoms with Gasteiger partial charge in [0.15, 0.2) is 0 Å². The molecule has 3 aliphatic rings. The summed E-state index contributed by atoms with van der Waals surface area (Å²) in [5, 5.41) is 3.17. The van der Waals surface area contributed by atoms with Gasteiger partial charge in [0.05, 0.1) is 0 Å². The second-order valence-corrected chi connectivity index (χ2v) is 6.82. The Morgan fingerprint density at radius 1 is 1.16 bits per heavy atom. The van der Waals surface area contributed by atoms with Gasteiger partial charge < -0.3 is 5.32 Å². The number of anilines is 1. The van der Waals surface area contributed by atoms with Gasteiger partial charge in [-0.05, 0) is 74.0 Å². The molecule has 0 aliphatic heterocycles. The maximum atomic E-state index is 12.5. The molecule has 19 heavy (non-hydrogen) atoms.